The van der Waals surface area contributed by atoms with Crippen LogP contribution in [-0.4, -0.2) is 19.8 Å². The van der Waals surface area contributed by atoms with Gasteiger partial charge in [-0.2, -0.15) is 0 Å². The maximum atomic E-state index is 12.5. The SMILES string of the molecule is C=C(\C(C)=C/C(=C\C)C(/C(=C)C)=C(\C)OC)/C(=C\C(C)C)c1ccc(C(C)(C)C)cc1.C=O.CC.CCC1CCC(F)(F)CC1. The minimum absolute atomic E-state index is 0.117. The van der Waals surface area contributed by atoms with E-state index in [1.165, 1.54) is 16.7 Å². The molecule has 0 bridgehead atoms. The second-order valence-electron chi connectivity index (χ2n) is 12.8. The van der Waals surface area contributed by atoms with E-state index in [9.17, 15) is 8.78 Å². The number of hydrogen-bond donors (Lipinski definition) is 0. The van der Waals surface area contributed by atoms with Crippen molar-refractivity contribution >= 4 is 12.4 Å². The molecule has 1 fully saturated rings. The van der Waals surface area contributed by atoms with Crippen LogP contribution < -0.4 is 0 Å². The van der Waals surface area contributed by atoms with E-state index in [4.69, 9.17) is 9.53 Å². The standard InChI is InChI=1S/C30H42O.C8H14F2.C2H6.CH2O/c1-13-25(29(21(4)5)24(8)31-12)19-22(6)23(7)28(18-20(2)3)26-14-16-27(17-15-26)30(9,10)11;1-2-7-3-5-8(9,10)6-4-7;2*1-2/h13-20H,4,7H2,1-3,5-6,8-12H3;7H,2-6H2,1H3;1-2H3;1H2/b22-19-,25-13+,28-18+,29-24+;;;. The molecular formula is C41H64F2O2. The molecule has 0 saturated heterocycles. The topological polar surface area (TPSA) is 26.3 Å². The highest BCUT2D eigenvalue weighted by atomic mass is 19.3. The zero-order valence-corrected chi connectivity index (χ0v) is 30.9. The number of carbonyl (C=O) groups excluding carboxylic acids is 1. The largest absolute Gasteiger partial charge is 0.501 e. The Morgan fingerprint density at radius 1 is 1.02 bits per heavy atom. The molecule has 1 aliphatic rings. The van der Waals surface area contributed by atoms with Crippen molar-refractivity contribution in [1.29, 1.82) is 0 Å². The van der Waals surface area contributed by atoms with Crippen LogP contribution in [0.25, 0.3) is 5.57 Å². The minimum Gasteiger partial charge on any atom is -0.501 e. The number of methoxy groups -OCH3 is 1. The maximum absolute atomic E-state index is 12.5. The lowest BCUT2D eigenvalue weighted by molar-refractivity contribution is -0.0980. The zero-order valence-electron chi connectivity index (χ0n) is 30.9. The lowest BCUT2D eigenvalue weighted by atomic mass is 9.84. The summed E-state index contributed by atoms with van der Waals surface area (Å²) in [5.41, 5.74) is 9.14. The summed E-state index contributed by atoms with van der Waals surface area (Å²) in [5, 5.41) is 0. The molecular weight excluding hydrogens is 562 g/mol. The van der Waals surface area contributed by atoms with Crippen LogP contribution in [0.3, 0.4) is 0 Å². The molecule has 2 nitrogen and oxygen atoms in total. The van der Waals surface area contributed by atoms with Crippen molar-refractivity contribution in [3.8, 4) is 0 Å². The number of rotatable bonds is 9. The van der Waals surface area contributed by atoms with Gasteiger partial charge in [-0.25, -0.2) is 8.78 Å². The number of ether oxygens (including phenoxy) is 1. The van der Waals surface area contributed by atoms with Crippen molar-refractivity contribution in [2.45, 2.75) is 127 Å². The first-order valence-electron chi connectivity index (χ1n) is 16.4. The lowest BCUT2D eigenvalue weighted by Gasteiger charge is -2.27. The Morgan fingerprint density at radius 3 is 1.87 bits per heavy atom. The summed E-state index contributed by atoms with van der Waals surface area (Å²) in [7, 11) is 1.70. The van der Waals surface area contributed by atoms with Gasteiger partial charge in [-0.15, -0.1) is 0 Å². The summed E-state index contributed by atoms with van der Waals surface area (Å²) in [6, 6.07) is 8.91. The van der Waals surface area contributed by atoms with E-state index in [2.05, 4.69) is 104 Å². The summed E-state index contributed by atoms with van der Waals surface area (Å²) in [6.07, 6.45) is 9.34. The summed E-state index contributed by atoms with van der Waals surface area (Å²) in [6.45, 7) is 36.0. The van der Waals surface area contributed by atoms with E-state index in [1.807, 2.05) is 41.4 Å². The minimum atomic E-state index is -2.34. The van der Waals surface area contributed by atoms with E-state index in [0.29, 0.717) is 11.8 Å². The van der Waals surface area contributed by atoms with Gasteiger partial charge in [-0.3, -0.25) is 0 Å². The average molecular weight is 627 g/mol. The lowest BCUT2D eigenvalue weighted by Crippen LogP contribution is -2.24. The van der Waals surface area contributed by atoms with Crippen molar-refractivity contribution in [2.24, 2.45) is 11.8 Å². The van der Waals surface area contributed by atoms with E-state index in [-0.39, 0.29) is 18.3 Å². The van der Waals surface area contributed by atoms with Gasteiger partial charge < -0.3 is 9.53 Å². The van der Waals surface area contributed by atoms with Gasteiger partial charge in [0, 0.05) is 18.4 Å². The van der Waals surface area contributed by atoms with Crippen LogP contribution in [0.5, 0.6) is 0 Å². The third-order valence-electron chi connectivity index (χ3n) is 7.83. The molecule has 1 saturated carbocycles. The average Bonchev–Trinajstić information content (AvgIpc) is 3.00. The van der Waals surface area contributed by atoms with Gasteiger partial charge in [0.15, 0.2) is 0 Å². The second-order valence-corrected chi connectivity index (χ2v) is 12.8. The highest BCUT2D eigenvalue weighted by molar-refractivity contribution is 5.83. The molecule has 254 valence electrons. The van der Waals surface area contributed by atoms with Crippen molar-refractivity contribution in [2.75, 3.05) is 7.11 Å². The molecule has 0 spiro atoms. The third-order valence-corrected chi connectivity index (χ3v) is 7.83. The molecule has 0 amide bonds. The molecule has 1 aromatic rings. The highest BCUT2D eigenvalue weighted by Crippen LogP contribution is 2.37. The summed E-state index contributed by atoms with van der Waals surface area (Å²) in [5.74, 6) is -0.485. The summed E-state index contributed by atoms with van der Waals surface area (Å²) >= 11 is 0. The number of allylic oxidation sites excluding steroid dienone is 10. The van der Waals surface area contributed by atoms with E-state index in [0.717, 1.165) is 52.9 Å². The van der Waals surface area contributed by atoms with Gasteiger partial charge in [-0.05, 0) is 96.8 Å². The van der Waals surface area contributed by atoms with E-state index < -0.39 is 5.92 Å². The fourth-order valence-electron chi connectivity index (χ4n) is 5.05. The molecule has 45 heavy (non-hydrogen) atoms. The first kappa shape index (κ1) is 44.1. The van der Waals surface area contributed by atoms with Crippen LogP contribution in [0.1, 0.15) is 126 Å². The van der Waals surface area contributed by atoms with Gasteiger partial charge in [0.25, 0.3) is 0 Å². The fourth-order valence-corrected chi connectivity index (χ4v) is 5.05. The Kier molecular flexibility index (Phi) is 21.3. The summed E-state index contributed by atoms with van der Waals surface area (Å²) < 4.78 is 30.5. The molecule has 0 atom stereocenters. The highest BCUT2D eigenvalue weighted by Gasteiger charge is 2.34. The molecule has 2 rings (SSSR count). The van der Waals surface area contributed by atoms with Gasteiger partial charge in [0.1, 0.15) is 12.5 Å². The van der Waals surface area contributed by atoms with Gasteiger partial charge in [0.2, 0.25) is 5.92 Å². The molecule has 0 aliphatic heterocycles. The van der Waals surface area contributed by atoms with Crippen LogP contribution in [0.4, 0.5) is 8.78 Å². The molecule has 0 aromatic heterocycles. The van der Waals surface area contributed by atoms with Crippen LogP contribution in [0, 0.1) is 11.8 Å². The Hall–Kier alpha value is -3.01. The molecule has 0 radical (unpaired) electrons. The Labute approximate surface area is 276 Å². The van der Waals surface area contributed by atoms with Crippen molar-refractivity contribution in [1.82, 2.24) is 0 Å². The Balaban J connectivity index is 0. The zero-order chi connectivity index (χ0) is 35.5. The van der Waals surface area contributed by atoms with Gasteiger partial charge in [0.05, 0.1) is 7.11 Å². The van der Waals surface area contributed by atoms with E-state index >= 15 is 0 Å². The van der Waals surface area contributed by atoms with Crippen LogP contribution >= 0.6 is 0 Å². The first-order valence-corrected chi connectivity index (χ1v) is 16.4. The van der Waals surface area contributed by atoms with Gasteiger partial charge >= 0.3 is 0 Å². The van der Waals surface area contributed by atoms with Crippen LogP contribution in [-0.2, 0) is 14.9 Å². The van der Waals surface area contributed by atoms with Crippen LogP contribution in [0.2, 0.25) is 0 Å². The molecule has 0 unspecified atom stereocenters. The smallest absolute Gasteiger partial charge is 0.248 e. The monoisotopic (exact) mass is 626 g/mol. The molecule has 0 heterocycles. The number of carbonyl (C=O) groups is 1. The molecule has 0 N–H and O–H groups in total. The third kappa shape index (κ3) is 15.7. The van der Waals surface area contributed by atoms with Crippen molar-refractivity contribution in [3.05, 3.63) is 100 Å². The second kappa shape index (κ2) is 21.7. The normalized spacial score (nSPS) is 16.1. The predicted molar refractivity (Wildman–Crippen MR) is 195 cm³/mol. The first-order chi connectivity index (χ1) is 21.0. The number of hydrogen-bond acceptors (Lipinski definition) is 2. The van der Waals surface area contributed by atoms with Crippen molar-refractivity contribution < 1.29 is 18.3 Å². The molecule has 4 heteroatoms. The van der Waals surface area contributed by atoms with Crippen molar-refractivity contribution in [3.63, 3.8) is 0 Å². The van der Waals surface area contributed by atoms with Gasteiger partial charge in [-0.1, -0.05) is 117 Å². The number of halogens is 2. The predicted octanol–water partition coefficient (Wildman–Crippen LogP) is 13.0. The summed E-state index contributed by atoms with van der Waals surface area (Å²) in [4.78, 5) is 8.00. The quantitative estimate of drug-likeness (QED) is 0.201. The number of alkyl halides is 2. The molecule has 1 aromatic carbocycles. The Morgan fingerprint density at radius 2 is 1.51 bits per heavy atom. The maximum Gasteiger partial charge on any atom is 0.248 e. The number of benzene rings is 1. The van der Waals surface area contributed by atoms with Crippen LogP contribution in [0.15, 0.2) is 89.3 Å². The molecule has 1 aliphatic carbocycles. The fraction of sp³-hybridized carbons (Fsp3) is 0.537. The van der Waals surface area contributed by atoms with E-state index in [1.54, 1.807) is 7.11 Å². The Bertz CT molecular complexity index is 1160.